The van der Waals surface area contributed by atoms with Crippen molar-refractivity contribution in [3.63, 3.8) is 0 Å². The molecule has 30 heavy (non-hydrogen) atoms. The van der Waals surface area contributed by atoms with Crippen molar-refractivity contribution in [2.45, 2.75) is 6.54 Å². The van der Waals surface area contributed by atoms with Gasteiger partial charge in [-0.3, -0.25) is 9.47 Å². The van der Waals surface area contributed by atoms with Crippen LogP contribution in [0.25, 0.3) is 5.13 Å². The smallest absolute Gasteiger partial charge is 0.218 e. The molecule has 2 fully saturated rings. The van der Waals surface area contributed by atoms with Gasteiger partial charge in [0.2, 0.25) is 10.3 Å². The molecule has 2 aliphatic heterocycles. The van der Waals surface area contributed by atoms with Gasteiger partial charge in [0.05, 0.1) is 13.2 Å². The first kappa shape index (κ1) is 19.5. The maximum absolute atomic E-state index is 13.2. The second-order valence-electron chi connectivity index (χ2n) is 7.58. The Morgan fingerprint density at radius 3 is 2.37 bits per heavy atom. The van der Waals surface area contributed by atoms with Crippen LogP contribution in [0.5, 0.6) is 0 Å². The molecule has 1 aromatic carbocycles. The van der Waals surface area contributed by atoms with E-state index in [1.807, 2.05) is 12.1 Å². The van der Waals surface area contributed by atoms with Gasteiger partial charge < -0.3 is 14.5 Å². The van der Waals surface area contributed by atoms with Gasteiger partial charge in [-0.25, -0.2) is 4.39 Å². The summed E-state index contributed by atoms with van der Waals surface area (Å²) in [5.74, 6) is -0.188. The molecule has 0 saturated carbocycles. The molecular formula is C21H25FN6OS. The quantitative estimate of drug-likeness (QED) is 0.623. The fourth-order valence-electron chi connectivity index (χ4n) is 3.96. The minimum absolute atomic E-state index is 0.188. The zero-order chi connectivity index (χ0) is 20.3. The van der Waals surface area contributed by atoms with Crippen molar-refractivity contribution in [2.24, 2.45) is 0 Å². The molecule has 2 aliphatic rings. The Kier molecular flexibility index (Phi) is 5.65. The summed E-state index contributed by atoms with van der Waals surface area (Å²) in [5.41, 5.74) is 2.30. The Hall–Kier alpha value is -2.49. The van der Waals surface area contributed by atoms with Gasteiger partial charge in [0.25, 0.3) is 0 Å². The van der Waals surface area contributed by atoms with E-state index < -0.39 is 0 Å². The summed E-state index contributed by atoms with van der Waals surface area (Å²) in [4.78, 5) is 7.01. The zero-order valence-electron chi connectivity index (χ0n) is 16.8. The second-order valence-corrected chi connectivity index (χ2v) is 8.51. The molecule has 0 unspecified atom stereocenters. The molecule has 4 heterocycles. The van der Waals surface area contributed by atoms with Gasteiger partial charge in [0.15, 0.2) is 0 Å². The summed E-state index contributed by atoms with van der Waals surface area (Å²) in [6, 6.07) is 11.0. The van der Waals surface area contributed by atoms with E-state index in [9.17, 15) is 4.39 Å². The van der Waals surface area contributed by atoms with Crippen LogP contribution in [0.15, 0.2) is 42.6 Å². The highest BCUT2D eigenvalue weighted by Crippen LogP contribution is 2.26. The number of benzene rings is 1. The topological polar surface area (TPSA) is 49.7 Å². The largest absolute Gasteiger partial charge is 0.378 e. The van der Waals surface area contributed by atoms with Crippen molar-refractivity contribution in [3.8, 4) is 5.13 Å². The van der Waals surface area contributed by atoms with E-state index >= 15 is 0 Å². The number of piperazine rings is 1. The summed E-state index contributed by atoms with van der Waals surface area (Å²) in [6.07, 6.45) is 2.06. The lowest BCUT2D eigenvalue weighted by Gasteiger charge is -2.36. The van der Waals surface area contributed by atoms with Crippen molar-refractivity contribution < 1.29 is 9.13 Å². The molecule has 5 rings (SSSR count). The van der Waals surface area contributed by atoms with E-state index in [4.69, 9.17) is 4.74 Å². The number of halogens is 1. The molecule has 3 aromatic rings. The molecule has 0 atom stereocenters. The van der Waals surface area contributed by atoms with Crippen molar-refractivity contribution in [1.29, 1.82) is 0 Å². The Morgan fingerprint density at radius 1 is 0.867 bits per heavy atom. The Morgan fingerprint density at radius 2 is 1.60 bits per heavy atom. The van der Waals surface area contributed by atoms with E-state index in [0.717, 1.165) is 75.0 Å². The Labute approximate surface area is 179 Å². The lowest BCUT2D eigenvalue weighted by atomic mass is 10.2. The molecule has 7 nitrogen and oxygen atoms in total. The number of ether oxygens (including phenoxy) is 1. The SMILES string of the molecule is Fc1ccc(N2CCN(Cc3cccn3-c3nnc(N4CCOCC4)s3)CC2)cc1. The van der Waals surface area contributed by atoms with Gasteiger partial charge in [-0.05, 0) is 36.4 Å². The van der Waals surface area contributed by atoms with Crippen LogP contribution in [0, 0.1) is 5.82 Å². The summed E-state index contributed by atoms with van der Waals surface area (Å²) in [6.45, 7) is 7.91. The van der Waals surface area contributed by atoms with Crippen LogP contribution < -0.4 is 9.80 Å². The number of rotatable bonds is 5. The molecule has 0 N–H and O–H groups in total. The molecule has 2 saturated heterocycles. The van der Waals surface area contributed by atoms with Crippen LogP contribution in [-0.2, 0) is 11.3 Å². The summed E-state index contributed by atoms with van der Waals surface area (Å²) < 4.78 is 20.7. The first-order valence-corrected chi connectivity index (χ1v) is 11.1. The highest BCUT2D eigenvalue weighted by atomic mass is 32.1. The third-order valence-corrected chi connectivity index (χ3v) is 6.66. The van der Waals surface area contributed by atoms with E-state index in [1.54, 1.807) is 11.3 Å². The van der Waals surface area contributed by atoms with E-state index in [1.165, 1.54) is 17.8 Å². The first-order valence-electron chi connectivity index (χ1n) is 10.3. The summed E-state index contributed by atoms with van der Waals surface area (Å²) >= 11 is 1.63. The van der Waals surface area contributed by atoms with Crippen molar-refractivity contribution in [1.82, 2.24) is 19.7 Å². The number of morpholine rings is 1. The van der Waals surface area contributed by atoms with E-state index in [0.29, 0.717) is 0 Å². The number of hydrogen-bond donors (Lipinski definition) is 0. The Bertz CT molecular complexity index is 960. The number of anilines is 2. The predicted molar refractivity (Wildman–Crippen MR) is 116 cm³/mol. The fraction of sp³-hybridized carbons (Fsp3) is 0.429. The average molecular weight is 429 g/mol. The first-order chi connectivity index (χ1) is 14.8. The van der Waals surface area contributed by atoms with Gasteiger partial charge in [0, 0.05) is 63.4 Å². The molecule has 0 bridgehead atoms. The van der Waals surface area contributed by atoms with E-state index in [-0.39, 0.29) is 5.82 Å². The number of aromatic nitrogens is 3. The monoisotopic (exact) mass is 428 g/mol. The maximum Gasteiger partial charge on any atom is 0.218 e. The third-order valence-electron chi connectivity index (χ3n) is 5.67. The van der Waals surface area contributed by atoms with Crippen LogP contribution in [-0.4, -0.2) is 72.1 Å². The molecule has 0 aliphatic carbocycles. The molecular weight excluding hydrogens is 403 g/mol. The van der Waals surface area contributed by atoms with Crippen LogP contribution in [0.2, 0.25) is 0 Å². The van der Waals surface area contributed by atoms with Gasteiger partial charge in [-0.1, -0.05) is 11.3 Å². The summed E-state index contributed by atoms with van der Waals surface area (Å²) in [5, 5.41) is 10.7. The van der Waals surface area contributed by atoms with Gasteiger partial charge in [-0.2, -0.15) is 0 Å². The number of nitrogens with zero attached hydrogens (tertiary/aromatic N) is 6. The van der Waals surface area contributed by atoms with Crippen LogP contribution in [0.3, 0.4) is 0 Å². The predicted octanol–water partition coefficient (Wildman–Crippen LogP) is 2.63. The second kappa shape index (κ2) is 8.71. The molecule has 2 aromatic heterocycles. The Balaban J connectivity index is 1.22. The lowest BCUT2D eigenvalue weighted by Crippen LogP contribution is -2.46. The lowest BCUT2D eigenvalue weighted by molar-refractivity contribution is 0.122. The van der Waals surface area contributed by atoms with E-state index in [2.05, 4.69) is 47.8 Å². The minimum Gasteiger partial charge on any atom is -0.378 e. The highest BCUT2D eigenvalue weighted by Gasteiger charge is 2.20. The van der Waals surface area contributed by atoms with Crippen molar-refractivity contribution in [2.75, 3.05) is 62.3 Å². The molecule has 0 radical (unpaired) electrons. The average Bonchev–Trinajstić information content (AvgIpc) is 3.45. The van der Waals surface area contributed by atoms with Crippen LogP contribution >= 0.6 is 11.3 Å². The minimum atomic E-state index is -0.188. The van der Waals surface area contributed by atoms with Crippen LogP contribution in [0.4, 0.5) is 15.2 Å². The standard InChI is InChI=1S/C21H25FN6OS/c22-17-3-5-18(6-4-17)26-10-8-25(9-11-26)16-19-2-1-7-28(19)21-24-23-20(30-21)27-12-14-29-15-13-27/h1-7H,8-16H2. The van der Waals surface area contributed by atoms with Crippen molar-refractivity contribution >= 4 is 22.2 Å². The molecule has 9 heteroatoms. The van der Waals surface area contributed by atoms with Gasteiger partial charge >= 0.3 is 0 Å². The highest BCUT2D eigenvalue weighted by molar-refractivity contribution is 7.17. The number of hydrogen-bond acceptors (Lipinski definition) is 7. The zero-order valence-corrected chi connectivity index (χ0v) is 17.6. The molecule has 0 amide bonds. The van der Waals surface area contributed by atoms with Crippen molar-refractivity contribution in [3.05, 3.63) is 54.1 Å². The normalized spacial score (nSPS) is 18.2. The van der Waals surface area contributed by atoms with Crippen LogP contribution in [0.1, 0.15) is 5.69 Å². The third kappa shape index (κ3) is 4.19. The molecule has 0 spiro atoms. The summed E-state index contributed by atoms with van der Waals surface area (Å²) in [7, 11) is 0. The molecule has 158 valence electrons. The maximum atomic E-state index is 13.2. The van der Waals surface area contributed by atoms with Gasteiger partial charge in [0.1, 0.15) is 5.82 Å². The fourth-order valence-corrected chi connectivity index (χ4v) is 4.88. The van der Waals surface area contributed by atoms with Gasteiger partial charge in [-0.15, -0.1) is 10.2 Å².